The number of hydrogen-bond acceptors (Lipinski definition) is 6. The second kappa shape index (κ2) is 7.97. The molecule has 2 N–H and O–H groups in total. The largest absolute Gasteiger partial charge is 0.349 e. The van der Waals surface area contributed by atoms with Crippen LogP contribution in [0, 0.1) is 5.82 Å². The first kappa shape index (κ1) is 19.5. The van der Waals surface area contributed by atoms with Gasteiger partial charge in [0.1, 0.15) is 16.9 Å². The van der Waals surface area contributed by atoms with Gasteiger partial charge in [0.2, 0.25) is 5.91 Å². The molecule has 0 atom stereocenters. The van der Waals surface area contributed by atoms with E-state index in [1.807, 2.05) is 24.3 Å². The number of nitrogens with zero attached hydrogens (tertiary/aromatic N) is 3. The molecule has 3 aromatic heterocycles. The quantitative estimate of drug-likeness (QED) is 0.309. The predicted octanol–water partition coefficient (Wildman–Crippen LogP) is 4.19. The first-order chi connectivity index (χ1) is 15.1. The van der Waals surface area contributed by atoms with E-state index in [0.29, 0.717) is 27.0 Å². The number of hydrogen-bond donors (Lipinski definition) is 2. The molecule has 7 nitrogen and oxygen atoms in total. The molecule has 3 heterocycles. The monoisotopic (exact) mass is 451 g/mol. The summed E-state index contributed by atoms with van der Waals surface area (Å²) in [7, 11) is 0. The van der Waals surface area contributed by atoms with Crippen molar-refractivity contribution in [3.8, 4) is 5.69 Å². The van der Waals surface area contributed by atoms with Crippen molar-refractivity contribution in [1.82, 2.24) is 19.5 Å². The molecule has 0 saturated heterocycles. The standard InChI is InChI=1S/C21H14FN5O2S2/c22-12-5-7-13(8-6-12)27-19(29)18-17(14-3-1-2-4-15(14)24-18)26-21(27)31-11-16(28)25-20-23-9-10-30-20/h1-10,24H,11H2,(H,23,25,28). The van der Waals surface area contributed by atoms with Crippen molar-refractivity contribution in [2.24, 2.45) is 0 Å². The third-order valence-electron chi connectivity index (χ3n) is 4.59. The maximum absolute atomic E-state index is 13.5. The number of carbonyl (C=O) groups excluding carboxylic acids is 1. The highest BCUT2D eigenvalue weighted by Gasteiger charge is 2.18. The Morgan fingerprint density at radius 1 is 1.19 bits per heavy atom. The Kier molecular flexibility index (Phi) is 5.00. The summed E-state index contributed by atoms with van der Waals surface area (Å²) in [6.45, 7) is 0. The Morgan fingerprint density at radius 3 is 2.77 bits per heavy atom. The number of halogens is 1. The minimum Gasteiger partial charge on any atom is -0.349 e. The van der Waals surface area contributed by atoms with Crippen LogP contribution in [0.15, 0.2) is 70.1 Å². The van der Waals surface area contributed by atoms with Gasteiger partial charge in [0.15, 0.2) is 10.3 Å². The van der Waals surface area contributed by atoms with E-state index in [9.17, 15) is 14.0 Å². The Morgan fingerprint density at radius 2 is 2.00 bits per heavy atom. The number of thioether (sulfide) groups is 1. The van der Waals surface area contributed by atoms with Gasteiger partial charge in [-0.15, -0.1) is 11.3 Å². The number of aromatic amines is 1. The number of amides is 1. The van der Waals surface area contributed by atoms with Crippen LogP contribution in [0.5, 0.6) is 0 Å². The molecule has 0 radical (unpaired) electrons. The van der Waals surface area contributed by atoms with Crippen molar-refractivity contribution in [3.63, 3.8) is 0 Å². The number of para-hydroxylation sites is 1. The van der Waals surface area contributed by atoms with Gasteiger partial charge >= 0.3 is 0 Å². The summed E-state index contributed by atoms with van der Waals surface area (Å²) in [5, 5.41) is 6.13. The molecule has 0 spiro atoms. The average Bonchev–Trinajstić information content (AvgIpc) is 3.41. The van der Waals surface area contributed by atoms with Crippen molar-refractivity contribution in [2.45, 2.75) is 5.16 Å². The molecule has 0 saturated carbocycles. The van der Waals surface area contributed by atoms with Crippen LogP contribution in [0.1, 0.15) is 0 Å². The molecule has 5 aromatic rings. The summed E-state index contributed by atoms with van der Waals surface area (Å²) in [5.41, 5.74) is 1.80. The van der Waals surface area contributed by atoms with Gasteiger partial charge in [-0.3, -0.25) is 14.2 Å². The van der Waals surface area contributed by atoms with Gasteiger partial charge < -0.3 is 10.3 Å². The van der Waals surface area contributed by atoms with Crippen molar-refractivity contribution in [3.05, 3.63) is 76.3 Å². The first-order valence-electron chi connectivity index (χ1n) is 9.22. The second-order valence-corrected chi connectivity index (χ2v) is 8.42. The topological polar surface area (TPSA) is 92.7 Å². The zero-order valence-corrected chi connectivity index (χ0v) is 17.5. The molecule has 0 aliphatic carbocycles. The fourth-order valence-corrected chi connectivity index (χ4v) is 4.58. The molecule has 0 fully saturated rings. The van der Waals surface area contributed by atoms with Crippen LogP contribution in [0.4, 0.5) is 9.52 Å². The Bertz CT molecular complexity index is 1460. The number of nitrogens with one attached hydrogen (secondary N) is 2. The fourth-order valence-electron chi connectivity index (χ4n) is 3.23. The van der Waals surface area contributed by atoms with Gasteiger partial charge in [-0.1, -0.05) is 30.0 Å². The van der Waals surface area contributed by atoms with Crippen LogP contribution in [0.2, 0.25) is 0 Å². The Balaban J connectivity index is 1.60. The molecular formula is C21H14FN5O2S2. The van der Waals surface area contributed by atoms with Gasteiger partial charge in [-0.2, -0.15) is 0 Å². The van der Waals surface area contributed by atoms with E-state index in [1.54, 1.807) is 11.6 Å². The summed E-state index contributed by atoms with van der Waals surface area (Å²) in [6.07, 6.45) is 1.60. The van der Waals surface area contributed by atoms with Crippen LogP contribution in [-0.4, -0.2) is 31.2 Å². The van der Waals surface area contributed by atoms with Gasteiger partial charge in [0.05, 0.1) is 11.4 Å². The van der Waals surface area contributed by atoms with Gasteiger partial charge in [0.25, 0.3) is 5.56 Å². The number of H-pyrrole nitrogens is 1. The van der Waals surface area contributed by atoms with E-state index in [1.165, 1.54) is 40.2 Å². The van der Waals surface area contributed by atoms with Crippen LogP contribution < -0.4 is 10.9 Å². The number of anilines is 1. The van der Waals surface area contributed by atoms with E-state index >= 15 is 0 Å². The molecule has 154 valence electrons. The van der Waals surface area contributed by atoms with Crippen molar-refractivity contribution < 1.29 is 9.18 Å². The van der Waals surface area contributed by atoms with E-state index in [0.717, 1.165) is 22.7 Å². The lowest BCUT2D eigenvalue weighted by Crippen LogP contribution is -2.23. The SMILES string of the molecule is O=C(CSc1nc2c([nH]c3ccccc32)c(=O)n1-c1ccc(F)cc1)Nc1nccs1. The maximum atomic E-state index is 13.5. The number of rotatable bonds is 5. The van der Waals surface area contributed by atoms with Crippen LogP contribution in [0.25, 0.3) is 27.6 Å². The minimum absolute atomic E-state index is 0.0288. The minimum atomic E-state index is -0.409. The lowest BCUT2D eigenvalue weighted by molar-refractivity contribution is -0.113. The summed E-state index contributed by atoms with van der Waals surface area (Å²) < 4.78 is 14.8. The molecule has 2 aromatic carbocycles. The van der Waals surface area contributed by atoms with Crippen LogP contribution >= 0.6 is 23.1 Å². The second-order valence-electron chi connectivity index (χ2n) is 6.58. The lowest BCUT2D eigenvalue weighted by Gasteiger charge is -2.12. The van der Waals surface area contributed by atoms with Gasteiger partial charge in [0, 0.05) is 22.5 Å². The zero-order chi connectivity index (χ0) is 21.4. The molecule has 1 amide bonds. The molecule has 31 heavy (non-hydrogen) atoms. The van der Waals surface area contributed by atoms with Crippen molar-refractivity contribution in [2.75, 3.05) is 11.1 Å². The van der Waals surface area contributed by atoms with E-state index in [4.69, 9.17) is 4.98 Å². The highest BCUT2D eigenvalue weighted by atomic mass is 32.2. The van der Waals surface area contributed by atoms with E-state index < -0.39 is 5.82 Å². The maximum Gasteiger partial charge on any atom is 0.283 e. The number of benzene rings is 2. The Hall–Kier alpha value is -3.50. The lowest BCUT2D eigenvalue weighted by atomic mass is 10.2. The summed E-state index contributed by atoms with van der Waals surface area (Å²) in [5.74, 6) is -0.645. The number of thiazole rings is 1. The smallest absolute Gasteiger partial charge is 0.283 e. The Labute approximate surface area is 183 Å². The zero-order valence-electron chi connectivity index (χ0n) is 15.8. The normalized spacial score (nSPS) is 11.3. The fraction of sp³-hybridized carbons (Fsp3) is 0.0476. The van der Waals surface area contributed by atoms with Gasteiger partial charge in [-0.05, 0) is 30.3 Å². The molecule has 0 bridgehead atoms. The van der Waals surface area contributed by atoms with Crippen LogP contribution in [-0.2, 0) is 4.79 Å². The molecule has 5 rings (SSSR count). The highest BCUT2D eigenvalue weighted by molar-refractivity contribution is 7.99. The van der Waals surface area contributed by atoms with Crippen molar-refractivity contribution in [1.29, 1.82) is 0 Å². The number of aromatic nitrogens is 4. The molecule has 10 heteroatoms. The first-order valence-corrected chi connectivity index (χ1v) is 11.1. The van der Waals surface area contributed by atoms with Gasteiger partial charge in [-0.25, -0.2) is 14.4 Å². The predicted molar refractivity (Wildman–Crippen MR) is 121 cm³/mol. The van der Waals surface area contributed by atoms with Crippen LogP contribution in [0.3, 0.4) is 0 Å². The molecule has 0 unspecified atom stereocenters. The number of carbonyl (C=O) groups is 1. The molecule has 0 aliphatic rings. The average molecular weight is 452 g/mol. The third-order valence-corrected chi connectivity index (χ3v) is 6.22. The summed E-state index contributed by atoms with van der Waals surface area (Å²) in [6, 6.07) is 13.1. The number of fused-ring (bicyclic) bond motifs is 3. The van der Waals surface area contributed by atoms with E-state index in [2.05, 4.69) is 15.3 Å². The van der Waals surface area contributed by atoms with Crippen molar-refractivity contribution >= 4 is 56.1 Å². The summed E-state index contributed by atoms with van der Waals surface area (Å²) in [4.78, 5) is 37.6. The molecule has 0 aliphatic heterocycles. The third kappa shape index (κ3) is 3.71. The molecular weight excluding hydrogens is 437 g/mol. The highest BCUT2D eigenvalue weighted by Crippen LogP contribution is 2.26. The summed E-state index contributed by atoms with van der Waals surface area (Å²) >= 11 is 2.44. The van der Waals surface area contributed by atoms with E-state index in [-0.39, 0.29) is 17.2 Å².